The lowest BCUT2D eigenvalue weighted by atomic mass is 10.2. The lowest BCUT2D eigenvalue weighted by Crippen LogP contribution is -2.08. The van der Waals surface area contributed by atoms with E-state index in [4.69, 9.17) is 21.1 Å². The number of methoxy groups -OCH3 is 2. The third-order valence-electron chi connectivity index (χ3n) is 2.89. The second-order valence-corrected chi connectivity index (χ2v) is 5.80. The van der Waals surface area contributed by atoms with E-state index in [9.17, 15) is 0 Å². The molecule has 0 bridgehead atoms. The van der Waals surface area contributed by atoms with Crippen LogP contribution in [0.25, 0.3) is 0 Å². The van der Waals surface area contributed by atoms with E-state index in [-0.39, 0.29) is 0 Å². The molecule has 1 atom stereocenters. The van der Waals surface area contributed by atoms with E-state index in [1.807, 2.05) is 0 Å². The molecule has 4 nitrogen and oxygen atoms in total. The van der Waals surface area contributed by atoms with E-state index in [1.54, 1.807) is 38.1 Å². The van der Waals surface area contributed by atoms with Crippen molar-refractivity contribution < 1.29 is 9.47 Å². The first-order valence-electron chi connectivity index (χ1n) is 6.07. The quantitative estimate of drug-likeness (QED) is 0.921. The molecule has 0 saturated heterocycles. The Labute approximate surface area is 122 Å². The standard InChI is InChI=1S/C13H17ClN2O2S/c1-4-8-7-15-13(19-8)16-10-5-9(14)11(17-2)6-12(10)18-3/h5-6,8H,4,7H2,1-3H3,(H,15,16). The van der Waals surface area contributed by atoms with Crippen LogP contribution in [-0.2, 0) is 0 Å². The molecule has 1 aliphatic rings. The summed E-state index contributed by atoms with van der Waals surface area (Å²) in [7, 11) is 3.20. The normalized spacial score (nSPS) is 18.1. The average Bonchev–Trinajstić information content (AvgIpc) is 2.87. The zero-order chi connectivity index (χ0) is 13.8. The van der Waals surface area contributed by atoms with Crippen LogP contribution in [0.4, 0.5) is 5.69 Å². The van der Waals surface area contributed by atoms with Crippen LogP contribution >= 0.6 is 23.4 Å². The van der Waals surface area contributed by atoms with E-state index < -0.39 is 0 Å². The summed E-state index contributed by atoms with van der Waals surface area (Å²) in [6, 6.07) is 3.56. The summed E-state index contributed by atoms with van der Waals surface area (Å²) in [5, 5.41) is 5.27. The molecule has 1 aromatic rings. The fourth-order valence-electron chi connectivity index (χ4n) is 1.77. The molecular weight excluding hydrogens is 284 g/mol. The molecule has 0 aliphatic carbocycles. The minimum absolute atomic E-state index is 0.543. The smallest absolute Gasteiger partial charge is 0.161 e. The molecule has 1 aromatic carbocycles. The molecule has 0 radical (unpaired) electrons. The Balaban J connectivity index is 2.18. The van der Waals surface area contributed by atoms with Gasteiger partial charge in [0.05, 0.1) is 31.5 Å². The number of rotatable bonds is 4. The van der Waals surface area contributed by atoms with Gasteiger partial charge < -0.3 is 14.8 Å². The summed E-state index contributed by atoms with van der Waals surface area (Å²) >= 11 is 7.88. The van der Waals surface area contributed by atoms with Gasteiger partial charge in [-0.2, -0.15) is 0 Å². The van der Waals surface area contributed by atoms with Gasteiger partial charge in [0, 0.05) is 11.3 Å². The van der Waals surface area contributed by atoms with Crippen molar-refractivity contribution in [2.75, 3.05) is 26.1 Å². The lowest BCUT2D eigenvalue weighted by molar-refractivity contribution is 0.396. The zero-order valence-corrected chi connectivity index (χ0v) is 12.8. The molecule has 1 unspecified atom stereocenters. The molecule has 1 aliphatic heterocycles. The van der Waals surface area contributed by atoms with Crippen LogP contribution < -0.4 is 14.8 Å². The van der Waals surface area contributed by atoms with Gasteiger partial charge in [-0.15, -0.1) is 0 Å². The van der Waals surface area contributed by atoms with E-state index >= 15 is 0 Å². The molecule has 2 rings (SSSR count). The largest absolute Gasteiger partial charge is 0.495 e. The molecular formula is C13H17ClN2O2S. The van der Waals surface area contributed by atoms with Crippen molar-refractivity contribution in [2.45, 2.75) is 18.6 Å². The summed E-state index contributed by atoms with van der Waals surface area (Å²) in [6.45, 7) is 3.02. The Hall–Kier alpha value is -1.07. The molecule has 0 spiro atoms. The van der Waals surface area contributed by atoms with Gasteiger partial charge in [0.25, 0.3) is 0 Å². The van der Waals surface area contributed by atoms with Crippen molar-refractivity contribution in [3.05, 3.63) is 17.2 Å². The maximum atomic E-state index is 6.13. The van der Waals surface area contributed by atoms with Gasteiger partial charge in [-0.1, -0.05) is 30.3 Å². The summed E-state index contributed by atoms with van der Waals surface area (Å²) in [6.07, 6.45) is 1.11. The molecule has 1 heterocycles. The van der Waals surface area contributed by atoms with Gasteiger partial charge in [-0.3, -0.25) is 4.99 Å². The highest BCUT2D eigenvalue weighted by Crippen LogP contribution is 2.37. The molecule has 6 heteroatoms. The monoisotopic (exact) mass is 300 g/mol. The van der Waals surface area contributed by atoms with Crippen LogP contribution in [0.1, 0.15) is 13.3 Å². The van der Waals surface area contributed by atoms with Crippen LogP contribution in [0.3, 0.4) is 0 Å². The van der Waals surface area contributed by atoms with E-state index in [1.165, 1.54) is 0 Å². The van der Waals surface area contributed by atoms with Crippen molar-refractivity contribution in [3.8, 4) is 11.5 Å². The number of benzene rings is 1. The Kier molecular flexibility index (Phi) is 4.82. The number of nitrogens with one attached hydrogen (secondary N) is 1. The SMILES string of the molecule is CCC1CN=C(Nc2cc(Cl)c(OC)cc2OC)S1. The van der Waals surface area contributed by atoms with Crippen LogP contribution in [0.2, 0.25) is 5.02 Å². The minimum Gasteiger partial charge on any atom is -0.495 e. The van der Waals surface area contributed by atoms with Gasteiger partial charge in [0.1, 0.15) is 11.5 Å². The second-order valence-electron chi connectivity index (χ2n) is 4.11. The molecule has 0 fully saturated rings. The van der Waals surface area contributed by atoms with E-state index in [0.29, 0.717) is 21.8 Å². The zero-order valence-electron chi connectivity index (χ0n) is 11.2. The van der Waals surface area contributed by atoms with Gasteiger partial charge in [-0.25, -0.2) is 0 Å². The number of aliphatic imine (C=N–C) groups is 1. The van der Waals surface area contributed by atoms with Crippen LogP contribution in [0, 0.1) is 0 Å². The van der Waals surface area contributed by atoms with Gasteiger partial charge in [0.2, 0.25) is 0 Å². The van der Waals surface area contributed by atoms with E-state index in [0.717, 1.165) is 23.8 Å². The first-order valence-corrected chi connectivity index (χ1v) is 7.33. The molecule has 19 heavy (non-hydrogen) atoms. The number of nitrogens with zero attached hydrogens (tertiary/aromatic N) is 1. The highest BCUT2D eigenvalue weighted by molar-refractivity contribution is 8.15. The predicted octanol–water partition coefficient (Wildman–Crippen LogP) is 3.65. The highest BCUT2D eigenvalue weighted by atomic mass is 35.5. The van der Waals surface area contributed by atoms with Gasteiger partial charge in [-0.05, 0) is 12.5 Å². The third kappa shape index (κ3) is 3.28. The Morgan fingerprint density at radius 1 is 1.37 bits per heavy atom. The van der Waals surface area contributed by atoms with E-state index in [2.05, 4.69) is 17.2 Å². The number of amidine groups is 1. The van der Waals surface area contributed by atoms with Crippen molar-refractivity contribution in [1.29, 1.82) is 0 Å². The summed E-state index contributed by atoms with van der Waals surface area (Å²) < 4.78 is 10.5. The van der Waals surface area contributed by atoms with Crippen molar-refractivity contribution in [3.63, 3.8) is 0 Å². The molecule has 1 N–H and O–H groups in total. The second kappa shape index (κ2) is 6.39. The molecule has 0 saturated carbocycles. The maximum Gasteiger partial charge on any atom is 0.161 e. The van der Waals surface area contributed by atoms with Crippen LogP contribution in [-0.4, -0.2) is 31.2 Å². The third-order valence-corrected chi connectivity index (χ3v) is 4.45. The first-order chi connectivity index (χ1) is 9.17. The van der Waals surface area contributed by atoms with Gasteiger partial charge in [0.15, 0.2) is 5.17 Å². The summed E-state index contributed by atoms with van der Waals surface area (Å²) in [5.74, 6) is 1.28. The Morgan fingerprint density at radius 2 is 2.11 bits per heavy atom. The molecule has 104 valence electrons. The molecule has 0 amide bonds. The average molecular weight is 301 g/mol. The maximum absolute atomic E-state index is 6.13. The number of hydrogen-bond acceptors (Lipinski definition) is 5. The lowest BCUT2D eigenvalue weighted by Gasteiger charge is -2.13. The molecule has 0 aromatic heterocycles. The first kappa shape index (κ1) is 14.3. The van der Waals surface area contributed by atoms with Crippen LogP contribution in [0.5, 0.6) is 11.5 Å². The summed E-state index contributed by atoms with van der Waals surface area (Å²) in [4.78, 5) is 4.47. The van der Waals surface area contributed by atoms with Crippen molar-refractivity contribution in [2.24, 2.45) is 4.99 Å². The minimum atomic E-state index is 0.543. The topological polar surface area (TPSA) is 42.9 Å². The Morgan fingerprint density at radius 3 is 2.68 bits per heavy atom. The predicted molar refractivity (Wildman–Crippen MR) is 82.2 cm³/mol. The number of ether oxygens (including phenoxy) is 2. The number of thioether (sulfide) groups is 1. The number of halogens is 1. The summed E-state index contributed by atoms with van der Waals surface area (Å²) in [5.41, 5.74) is 0.802. The Bertz CT molecular complexity index is 494. The highest BCUT2D eigenvalue weighted by Gasteiger charge is 2.19. The van der Waals surface area contributed by atoms with Crippen LogP contribution in [0.15, 0.2) is 17.1 Å². The van der Waals surface area contributed by atoms with Gasteiger partial charge >= 0.3 is 0 Å². The fraction of sp³-hybridized carbons (Fsp3) is 0.462. The number of anilines is 1. The van der Waals surface area contributed by atoms with Crippen molar-refractivity contribution >= 4 is 34.2 Å². The van der Waals surface area contributed by atoms with Crippen molar-refractivity contribution in [1.82, 2.24) is 0 Å². The fourth-order valence-corrected chi connectivity index (χ4v) is 2.96. The number of hydrogen-bond donors (Lipinski definition) is 1.